The van der Waals surface area contributed by atoms with Gasteiger partial charge in [-0.15, -0.1) is 0 Å². The zero-order valence-electron chi connectivity index (χ0n) is 17.9. The number of halogens is 1. The van der Waals surface area contributed by atoms with Crippen LogP contribution in [-0.2, 0) is 14.8 Å². The fourth-order valence-electron chi connectivity index (χ4n) is 3.47. The Hall–Kier alpha value is -3.23. The van der Waals surface area contributed by atoms with E-state index in [2.05, 4.69) is 5.32 Å². The lowest BCUT2D eigenvalue weighted by atomic mass is 10.1. The van der Waals surface area contributed by atoms with E-state index in [4.69, 9.17) is 21.1 Å². The highest BCUT2D eigenvalue weighted by molar-refractivity contribution is 7.92. The summed E-state index contributed by atoms with van der Waals surface area (Å²) >= 11 is 5.91. The van der Waals surface area contributed by atoms with Crippen molar-refractivity contribution < 1.29 is 22.7 Å². The summed E-state index contributed by atoms with van der Waals surface area (Å²) in [5, 5.41) is 3.30. The number of amides is 1. The van der Waals surface area contributed by atoms with Gasteiger partial charge in [0.15, 0.2) is 11.5 Å². The second-order valence-corrected chi connectivity index (χ2v) is 9.79. The number of rotatable bonds is 7. The van der Waals surface area contributed by atoms with Gasteiger partial charge in [0, 0.05) is 5.02 Å². The molecule has 1 aliphatic rings. The predicted molar refractivity (Wildman–Crippen MR) is 126 cm³/mol. The third-order valence-electron chi connectivity index (χ3n) is 5.18. The second kappa shape index (κ2) is 9.72. The molecule has 1 atom stereocenters. The van der Waals surface area contributed by atoms with Crippen LogP contribution < -0.4 is 19.1 Å². The fraction of sp³-hybridized carbons (Fsp3) is 0.208. The Morgan fingerprint density at radius 2 is 1.67 bits per heavy atom. The average molecular weight is 487 g/mol. The van der Waals surface area contributed by atoms with Crippen LogP contribution in [0.4, 0.5) is 5.69 Å². The van der Waals surface area contributed by atoms with E-state index in [-0.39, 0.29) is 17.5 Å². The molecule has 1 amide bonds. The molecule has 0 saturated heterocycles. The standard InChI is InChI=1S/C24H23ClN2O5S/c1-17(18-7-12-22-23(15-18)32-14-13-31-22)26-24(28)16-27(20-5-3-2-4-6-20)33(29,30)21-10-8-19(25)9-11-21/h2-12,15,17H,13-14,16H2,1H3,(H,26,28)/t17-/m1/s1. The molecule has 0 bridgehead atoms. The van der Waals surface area contributed by atoms with E-state index in [0.29, 0.717) is 35.4 Å². The summed E-state index contributed by atoms with van der Waals surface area (Å²) in [6.45, 7) is 2.40. The Labute approximate surface area is 197 Å². The van der Waals surface area contributed by atoms with Gasteiger partial charge in [0.2, 0.25) is 5.91 Å². The molecule has 0 aromatic heterocycles. The van der Waals surface area contributed by atoms with Gasteiger partial charge in [-0.3, -0.25) is 9.10 Å². The Kier molecular flexibility index (Phi) is 6.76. The first-order chi connectivity index (χ1) is 15.8. The number of fused-ring (bicyclic) bond motifs is 1. The monoisotopic (exact) mass is 486 g/mol. The quantitative estimate of drug-likeness (QED) is 0.541. The maximum absolute atomic E-state index is 13.4. The van der Waals surface area contributed by atoms with Gasteiger partial charge < -0.3 is 14.8 Å². The lowest BCUT2D eigenvalue weighted by molar-refractivity contribution is -0.120. The fourth-order valence-corrected chi connectivity index (χ4v) is 5.02. The lowest BCUT2D eigenvalue weighted by Gasteiger charge is -2.25. The van der Waals surface area contributed by atoms with E-state index in [1.807, 2.05) is 19.1 Å². The topological polar surface area (TPSA) is 84.9 Å². The molecule has 0 unspecified atom stereocenters. The summed E-state index contributed by atoms with van der Waals surface area (Å²) in [5.41, 5.74) is 1.20. The Morgan fingerprint density at radius 1 is 1.00 bits per heavy atom. The van der Waals surface area contributed by atoms with Crippen molar-refractivity contribution in [1.82, 2.24) is 5.32 Å². The normalized spacial score (nSPS) is 13.8. The van der Waals surface area contributed by atoms with Gasteiger partial charge in [0.25, 0.3) is 10.0 Å². The highest BCUT2D eigenvalue weighted by Crippen LogP contribution is 2.32. The van der Waals surface area contributed by atoms with Crippen LogP contribution in [0, 0.1) is 0 Å². The molecular weight excluding hydrogens is 464 g/mol. The molecule has 7 nitrogen and oxygen atoms in total. The average Bonchev–Trinajstić information content (AvgIpc) is 2.83. The van der Waals surface area contributed by atoms with E-state index in [9.17, 15) is 13.2 Å². The van der Waals surface area contributed by atoms with Crippen LogP contribution in [0.3, 0.4) is 0 Å². The summed E-state index contributed by atoms with van der Waals surface area (Å²) < 4.78 is 39.0. The number of nitrogens with zero attached hydrogens (tertiary/aromatic N) is 1. The number of anilines is 1. The molecule has 1 aliphatic heterocycles. The number of hydrogen-bond donors (Lipinski definition) is 1. The molecule has 9 heteroatoms. The first kappa shape index (κ1) is 22.9. The number of hydrogen-bond acceptors (Lipinski definition) is 5. The molecule has 4 rings (SSSR count). The SMILES string of the molecule is C[C@@H](NC(=O)CN(c1ccccc1)S(=O)(=O)c1ccc(Cl)cc1)c1ccc2c(c1)OCCO2. The Bertz CT molecular complexity index is 1230. The number of nitrogens with one attached hydrogen (secondary N) is 1. The molecule has 0 aliphatic carbocycles. The predicted octanol–water partition coefficient (Wildman–Crippen LogP) is 4.18. The zero-order chi connectivity index (χ0) is 23.4. The van der Waals surface area contributed by atoms with Crippen LogP contribution in [0.1, 0.15) is 18.5 Å². The summed E-state index contributed by atoms with van der Waals surface area (Å²) in [6.07, 6.45) is 0. The van der Waals surface area contributed by atoms with Crippen molar-refractivity contribution in [1.29, 1.82) is 0 Å². The number of sulfonamides is 1. The molecule has 0 radical (unpaired) electrons. The van der Waals surface area contributed by atoms with Crippen LogP contribution in [0.25, 0.3) is 0 Å². The van der Waals surface area contributed by atoms with Crippen molar-refractivity contribution in [2.75, 3.05) is 24.1 Å². The first-order valence-corrected chi connectivity index (χ1v) is 12.2. The molecule has 1 heterocycles. The number of ether oxygens (including phenoxy) is 2. The summed E-state index contributed by atoms with van der Waals surface area (Å²) in [6, 6.07) is 19.4. The summed E-state index contributed by atoms with van der Waals surface area (Å²) in [7, 11) is -4.00. The minimum absolute atomic E-state index is 0.0448. The van der Waals surface area contributed by atoms with Gasteiger partial charge in [0.05, 0.1) is 16.6 Å². The molecule has 3 aromatic carbocycles. The lowest BCUT2D eigenvalue weighted by Crippen LogP contribution is -2.41. The molecule has 0 saturated carbocycles. The van der Waals surface area contributed by atoms with Gasteiger partial charge in [-0.2, -0.15) is 0 Å². The number of carbonyl (C=O) groups is 1. The minimum Gasteiger partial charge on any atom is -0.486 e. The highest BCUT2D eigenvalue weighted by Gasteiger charge is 2.28. The van der Waals surface area contributed by atoms with E-state index < -0.39 is 15.9 Å². The van der Waals surface area contributed by atoms with Gasteiger partial charge in [0.1, 0.15) is 19.8 Å². The number of benzene rings is 3. The van der Waals surface area contributed by atoms with E-state index in [1.165, 1.54) is 24.3 Å². The largest absolute Gasteiger partial charge is 0.486 e. The van der Waals surface area contributed by atoms with Crippen LogP contribution in [0.5, 0.6) is 11.5 Å². The van der Waals surface area contributed by atoms with Gasteiger partial charge in [-0.05, 0) is 61.0 Å². The third-order valence-corrected chi connectivity index (χ3v) is 7.22. The van der Waals surface area contributed by atoms with Crippen molar-refractivity contribution in [3.8, 4) is 11.5 Å². The van der Waals surface area contributed by atoms with Gasteiger partial charge in [-0.25, -0.2) is 8.42 Å². The Balaban J connectivity index is 1.55. The third kappa shape index (κ3) is 5.23. The van der Waals surface area contributed by atoms with Gasteiger partial charge in [-0.1, -0.05) is 35.9 Å². The van der Waals surface area contributed by atoms with Crippen LogP contribution in [-0.4, -0.2) is 34.1 Å². The van der Waals surface area contributed by atoms with E-state index in [0.717, 1.165) is 9.87 Å². The van der Waals surface area contributed by atoms with E-state index in [1.54, 1.807) is 36.4 Å². The van der Waals surface area contributed by atoms with Crippen molar-refractivity contribution in [2.24, 2.45) is 0 Å². The van der Waals surface area contributed by atoms with Gasteiger partial charge >= 0.3 is 0 Å². The van der Waals surface area contributed by atoms with Crippen LogP contribution in [0.2, 0.25) is 5.02 Å². The molecule has 1 N–H and O–H groups in total. The molecule has 3 aromatic rings. The minimum atomic E-state index is -4.00. The Morgan fingerprint density at radius 3 is 2.36 bits per heavy atom. The van der Waals surface area contributed by atoms with Crippen molar-refractivity contribution in [2.45, 2.75) is 17.9 Å². The highest BCUT2D eigenvalue weighted by atomic mass is 35.5. The summed E-state index contributed by atoms with van der Waals surface area (Å²) in [5.74, 6) is 0.836. The number of para-hydroxylation sites is 1. The van der Waals surface area contributed by atoms with Crippen molar-refractivity contribution in [3.05, 3.63) is 83.4 Å². The second-order valence-electron chi connectivity index (χ2n) is 7.49. The van der Waals surface area contributed by atoms with E-state index >= 15 is 0 Å². The maximum Gasteiger partial charge on any atom is 0.264 e. The maximum atomic E-state index is 13.4. The van der Waals surface area contributed by atoms with Crippen LogP contribution in [0.15, 0.2) is 77.7 Å². The molecule has 0 spiro atoms. The van der Waals surface area contributed by atoms with Crippen LogP contribution >= 0.6 is 11.6 Å². The smallest absolute Gasteiger partial charge is 0.264 e. The molecular formula is C24H23ClN2O5S. The zero-order valence-corrected chi connectivity index (χ0v) is 19.5. The summed E-state index contributed by atoms with van der Waals surface area (Å²) in [4.78, 5) is 13.0. The van der Waals surface area contributed by atoms with Crippen molar-refractivity contribution in [3.63, 3.8) is 0 Å². The number of carbonyl (C=O) groups excluding carboxylic acids is 1. The first-order valence-electron chi connectivity index (χ1n) is 10.4. The van der Waals surface area contributed by atoms with Crippen molar-refractivity contribution >= 4 is 33.2 Å². The molecule has 172 valence electrons. The molecule has 0 fully saturated rings. The molecule has 33 heavy (non-hydrogen) atoms.